The van der Waals surface area contributed by atoms with Crippen LogP contribution in [0.1, 0.15) is 23.0 Å². The van der Waals surface area contributed by atoms with E-state index in [1.165, 1.54) is 4.68 Å². The lowest BCUT2D eigenvalue weighted by Gasteiger charge is -2.20. The average Bonchev–Trinajstić information content (AvgIpc) is 3.38. The van der Waals surface area contributed by atoms with Crippen LogP contribution in [0.3, 0.4) is 0 Å². The summed E-state index contributed by atoms with van der Waals surface area (Å²) >= 11 is 1.58. The number of aryl methyl sites for hydroxylation is 1. The minimum Gasteiger partial charge on any atom is -0.344 e. The van der Waals surface area contributed by atoms with E-state index in [0.717, 1.165) is 21.3 Å². The quantitative estimate of drug-likeness (QED) is 0.461. The van der Waals surface area contributed by atoms with Crippen LogP contribution in [0.15, 0.2) is 83.0 Å². The van der Waals surface area contributed by atoms with Crippen molar-refractivity contribution in [1.29, 1.82) is 0 Å². The second-order valence-corrected chi connectivity index (χ2v) is 8.31. The summed E-state index contributed by atoms with van der Waals surface area (Å²) < 4.78 is 4.12. The van der Waals surface area contributed by atoms with Crippen molar-refractivity contribution in [3.8, 4) is 0 Å². The highest BCUT2D eigenvalue weighted by molar-refractivity contribution is 7.17. The number of hydrogen-bond donors (Lipinski definition) is 1. The zero-order valence-corrected chi connectivity index (χ0v) is 17.7. The van der Waals surface area contributed by atoms with E-state index < -0.39 is 0 Å². The van der Waals surface area contributed by atoms with E-state index in [1.807, 2.05) is 89.5 Å². The molecule has 0 radical (unpaired) electrons. The van der Waals surface area contributed by atoms with Crippen LogP contribution in [0.5, 0.6) is 0 Å². The smallest absolute Gasteiger partial charge is 0.291 e. The van der Waals surface area contributed by atoms with Gasteiger partial charge in [0.1, 0.15) is 17.9 Å². The van der Waals surface area contributed by atoms with E-state index in [9.17, 15) is 9.59 Å². The first kappa shape index (κ1) is 19.3. The lowest BCUT2D eigenvalue weighted by Crippen LogP contribution is -2.37. The second kappa shape index (κ2) is 7.85. The monoisotopic (exact) mass is 428 g/mol. The van der Waals surface area contributed by atoms with Gasteiger partial charge in [-0.3, -0.25) is 14.0 Å². The van der Waals surface area contributed by atoms with Gasteiger partial charge in [-0.2, -0.15) is 5.10 Å². The Morgan fingerprint density at radius 2 is 1.65 bits per heavy atom. The standard InChI is InChI=1S/C24H20N4O2S/c1-16-26-27(24(30)20-14-21-19(28(16)20)12-13-31-21)15-22(29)25-23(17-8-4-2-5-9-17)18-10-6-3-7-11-18/h2-14,23H,15H2,1H3,(H,25,29). The van der Waals surface area contributed by atoms with Gasteiger partial charge in [0.05, 0.1) is 16.3 Å². The topological polar surface area (TPSA) is 68.4 Å². The fourth-order valence-electron chi connectivity index (χ4n) is 3.93. The number of rotatable bonds is 5. The van der Waals surface area contributed by atoms with E-state index in [-0.39, 0.29) is 24.1 Å². The number of fused-ring (bicyclic) bond motifs is 3. The number of hydrogen-bond acceptors (Lipinski definition) is 4. The second-order valence-electron chi connectivity index (χ2n) is 7.37. The molecule has 6 nitrogen and oxygen atoms in total. The van der Waals surface area contributed by atoms with Crippen molar-refractivity contribution in [2.45, 2.75) is 19.5 Å². The molecule has 154 valence electrons. The molecule has 0 spiro atoms. The van der Waals surface area contributed by atoms with Crippen LogP contribution in [-0.4, -0.2) is 20.1 Å². The molecule has 5 rings (SSSR count). The molecule has 3 heterocycles. The molecule has 1 N–H and O–H groups in total. The number of thiophene rings is 1. The van der Waals surface area contributed by atoms with Gasteiger partial charge in [0.25, 0.3) is 5.56 Å². The van der Waals surface area contributed by atoms with Gasteiger partial charge in [-0.25, -0.2) is 4.68 Å². The molecule has 0 aliphatic heterocycles. The molecule has 0 saturated heterocycles. The summed E-state index contributed by atoms with van der Waals surface area (Å²) in [5, 5.41) is 9.47. The van der Waals surface area contributed by atoms with Crippen LogP contribution >= 0.6 is 11.3 Å². The van der Waals surface area contributed by atoms with Crippen LogP contribution in [0.2, 0.25) is 0 Å². The van der Waals surface area contributed by atoms with Crippen molar-refractivity contribution >= 4 is 33.0 Å². The molecule has 0 aliphatic carbocycles. The Morgan fingerprint density at radius 3 is 2.29 bits per heavy atom. The first-order valence-corrected chi connectivity index (χ1v) is 10.9. The average molecular weight is 429 g/mol. The van der Waals surface area contributed by atoms with Crippen molar-refractivity contribution in [3.63, 3.8) is 0 Å². The molecule has 0 unspecified atom stereocenters. The number of aromatic nitrogens is 3. The Morgan fingerprint density at radius 1 is 1.00 bits per heavy atom. The number of carbonyl (C=O) groups is 1. The van der Waals surface area contributed by atoms with Gasteiger partial charge in [0.2, 0.25) is 5.91 Å². The largest absolute Gasteiger partial charge is 0.344 e. The van der Waals surface area contributed by atoms with E-state index >= 15 is 0 Å². The van der Waals surface area contributed by atoms with Crippen molar-refractivity contribution in [2.75, 3.05) is 0 Å². The number of amides is 1. The Labute approximate surface area is 182 Å². The van der Waals surface area contributed by atoms with Crippen LogP contribution in [0, 0.1) is 6.92 Å². The maximum Gasteiger partial charge on any atom is 0.291 e. The Bertz CT molecular complexity index is 1400. The van der Waals surface area contributed by atoms with Crippen LogP contribution in [-0.2, 0) is 11.3 Å². The summed E-state index contributed by atoms with van der Waals surface area (Å²) in [7, 11) is 0. The predicted molar refractivity (Wildman–Crippen MR) is 122 cm³/mol. The third-order valence-electron chi connectivity index (χ3n) is 5.33. The molecule has 0 atom stereocenters. The number of carbonyl (C=O) groups excluding carboxylic acids is 1. The van der Waals surface area contributed by atoms with Crippen molar-refractivity contribution in [3.05, 3.63) is 105 Å². The zero-order chi connectivity index (χ0) is 21.4. The van der Waals surface area contributed by atoms with Gasteiger partial charge in [-0.15, -0.1) is 11.3 Å². The molecule has 1 amide bonds. The first-order valence-electron chi connectivity index (χ1n) is 9.97. The summed E-state index contributed by atoms with van der Waals surface area (Å²) in [4.78, 5) is 26.0. The van der Waals surface area contributed by atoms with Gasteiger partial charge in [0, 0.05) is 0 Å². The third kappa shape index (κ3) is 3.53. The highest BCUT2D eigenvalue weighted by Gasteiger charge is 2.19. The highest BCUT2D eigenvalue weighted by Crippen LogP contribution is 2.24. The molecule has 7 heteroatoms. The first-order chi connectivity index (χ1) is 15.1. The summed E-state index contributed by atoms with van der Waals surface area (Å²) in [5.41, 5.74) is 3.17. The lowest BCUT2D eigenvalue weighted by atomic mass is 9.99. The van der Waals surface area contributed by atoms with E-state index in [4.69, 9.17) is 0 Å². The zero-order valence-electron chi connectivity index (χ0n) is 16.9. The maximum atomic E-state index is 13.0. The van der Waals surface area contributed by atoms with Gasteiger partial charge < -0.3 is 5.32 Å². The summed E-state index contributed by atoms with van der Waals surface area (Å²) in [5.74, 6) is 0.392. The van der Waals surface area contributed by atoms with Crippen molar-refractivity contribution in [2.24, 2.45) is 0 Å². The highest BCUT2D eigenvalue weighted by atomic mass is 32.1. The fraction of sp³-hybridized carbons (Fsp3) is 0.125. The third-order valence-corrected chi connectivity index (χ3v) is 6.18. The van der Waals surface area contributed by atoms with E-state index in [1.54, 1.807) is 11.3 Å². The van der Waals surface area contributed by atoms with E-state index in [0.29, 0.717) is 11.3 Å². The van der Waals surface area contributed by atoms with Crippen LogP contribution < -0.4 is 10.9 Å². The minimum absolute atomic E-state index is 0.148. The maximum absolute atomic E-state index is 13.0. The lowest BCUT2D eigenvalue weighted by molar-refractivity contribution is -0.122. The van der Waals surface area contributed by atoms with Crippen molar-refractivity contribution < 1.29 is 4.79 Å². The summed E-state index contributed by atoms with van der Waals surface area (Å²) in [6.07, 6.45) is 0. The minimum atomic E-state index is -0.311. The van der Waals surface area contributed by atoms with Gasteiger partial charge >= 0.3 is 0 Å². The molecule has 2 aromatic carbocycles. The molecule has 0 aliphatic rings. The molecule has 0 fully saturated rings. The van der Waals surface area contributed by atoms with Crippen molar-refractivity contribution in [1.82, 2.24) is 19.5 Å². The summed E-state index contributed by atoms with van der Waals surface area (Å²) in [6.45, 7) is 1.69. The Kier molecular flexibility index (Phi) is 4.88. The molecule has 3 aromatic heterocycles. The van der Waals surface area contributed by atoms with Gasteiger partial charge in [-0.05, 0) is 35.6 Å². The normalized spacial score (nSPS) is 11.4. The number of nitrogens with one attached hydrogen (secondary N) is 1. The molecule has 5 aromatic rings. The van der Waals surface area contributed by atoms with Gasteiger partial charge in [0.15, 0.2) is 0 Å². The molecular formula is C24H20N4O2S. The number of nitrogens with zero attached hydrogens (tertiary/aromatic N) is 3. The molecule has 31 heavy (non-hydrogen) atoms. The number of benzene rings is 2. The fourth-order valence-corrected chi connectivity index (χ4v) is 4.73. The van der Waals surface area contributed by atoms with Crippen LogP contribution in [0.25, 0.3) is 15.7 Å². The SMILES string of the molecule is Cc1nn(CC(=O)NC(c2ccccc2)c2ccccc2)c(=O)c2cc3sccc3n12. The Balaban J connectivity index is 1.47. The van der Waals surface area contributed by atoms with Gasteiger partial charge in [-0.1, -0.05) is 60.7 Å². The van der Waals surface area contributed by atoms with Crippen LogP contribution in [0.4, 0.5) is 0 Å². The molecular weight excluding hydrogens is 408 g/mol. The molecule has 0 saturated carbocycles. The predicted octanol–water partition coefficient (Wildman–Crippen LogP) is 3.92. The summed E-state index contributed by atoms with van der Waals surface area (Å²) in [6, 6.07) is 23.1. The Hall–Kier alpha value is -3.71. The van der Waals surface area contributed by atoms with E-state index in [2.05, 4.69) is 10.4 Å². The molecule has 0 bridgehead atoms.